The molecule has 0 amide bonds. The third-order valence-electron chi connectivity index (χ3n) is 4.00. The van der Waals surface area contributed by atoms with Gasteiger partial charge < -0.3 is 0 Å². The second kappa shape index (κ2) is 7.79. The van der Waals surface area contributed by atoms with Crippen LogP contribution in [0.2, 0.25) is 5.02 Å². The number of halogens is 4. The molecule has 0 heterocycles. The number of hydrogen-bond acceptors (Lipinski definition) is 0. The summed E-state index contributed by atoms with van der Waals surface area (Å²) in [4.78, 5) is 0. The van der Waals surface area contributed by atoms with Gasteiger partial charge in [-0.15, -0.1) is 0 Å². The maximum atomic E-state index is 13.4. The molecule has 3 rings (SSSR count). The van der Waals surface area contributed by atoms with E-state index in [1.807, 2.05) is 30.3 Å². The van der Waals surface area contributed by atoms with E-state index in [0.29, 0.717) is 21.7 Å². The van der Waals surface area contributed by atoms with Crippen LogP contribution < -0.4 is 0 Å². The predicted molar refractivity (Wildman–Crippen MR) is 101 cm³/mol. The van der Waals surface area contributed by atoms with Crippen LogP contribution in [0.3, 0.4) is 0 Å². The Kier molecular flexibility index (Phi) is 5.48. The predicted octanol–water partition coefficient (Wildman–Crippen LogP) is 7.25. The van der Waals surface area contributed by atoms with Crippen molar-refractivity contribution in [1.29, 1.82) is 0 Å². The molecule has 0 saturated carbocycles. The van der Waals surface area contributed by atoms with Crippen LogP contribution in [0.1, 0.15) is 23.1 Å². The third-order valence-corrected chi connectivity index (χ3v) is 4.25. The lowest BCUT2D eigenvalue weighted by atomic mass is 9.88. The van der Waals surface area contributed by atoms with Crippen molar-refractivity contribution in [2.45, 2.75) is 12.6 Å². The first kappa shape index (κ1) is 18.3. The molecule has 132 valence electrons. The molecule has 3 aromatic carbocycles. The van der Waals surface area contributed by atoms with Gasteiger partial charge in [0.25, 0.3) is 0 Å². The van der Waals surface area contributed by atoms with E-state index in [1.54, 1.807) is 54.6 Å². The Hall–Kier alpha value is -2.52. The van der Waals surface area contributed by atoms with Gasteiger partial charge in [-0.2, -0.15) is 13.2 Å². The monoisotopic (exact) mass is 372 g/mol. The van der Waals surface area contributed by atoms with Crippen molar-refractivity contribution in [3.8, 4) is 0 Å². The van der Waals surface area contributed by atoms with Gasteiger partial charge >= 0.3 is 6.18 Å². The first-order valence-corrected chi connectivity index (χ1v) is 8.48. The summed E-state index contributed by atoms with van der Waals surface area (Å²) in [5, 5.41) is 0.540. The number of benzene rings is 3. The quantitative estimate of drug-likeness (QED) is 0.423. The summed E-state index contributed by atoms with van der Waals surface area (Å²) in [6, 6.07) is 24.7. The van der Waals surface area contributed by atoms with Gasteiger partial charge in [-0.1, -0.05) is 84.4 Å². The van der Waals surface area contributed by atoms with Gasteiger partial charge in [0.05, 0.1) is 6.42 Å². The highest BCUT2D eigenvalue weighted by Gasteiger charge is 2.31. The molecule has 0 aliphatic heterocycles. The average molecular weight is 373 g/mol. The molecule has 26 heavy (non-hydrogen) atoms. The van der Waals surface area contributed by atoms with Crippen LogP contribution in [-0.2, 0) is 0 Å². The summed E-state index contributed by atoms with van der Waals surface area (Å²) in [6.45, 7) is 0. The molecule has 3 aromatic rings. The summed E-state index contributed by atoms with van der Waals surface area (Å²) in [6.07, 6.45) is -5.33. The molecule has 0 spiro atoms. The number of rotatable bonds is 4. The van der Waals surface area contributed by atoms with Gasteiger partial charge in [0.15, 0.2) is 0 Å². The zero-order valence-electron chi connectivity index (χ0n) is 13.8. The Morgan fingerprint density at radius 2 is 1.12 bits per heavy atom. The van der Waals surface area contributed by atoms with Gasteiger partial charge in [-0.05, 0) is 40.0 Å². The molecule has 0 saturated heterocycles. The lowest BCUT2D eigenvalue weighted by Crippen LogP contribution is -2.10. The molecular formula is C22H16ClF3. The van der Waals surface area contributed by atoms with E-state index < -0.39 is 12.6 Å². The molecule has 0 radical (unpaired) electrons. The van der Waals surface area contributed by atoms with E-state index in [-0.39, 0.29) is 5.57 Å². The lowest BCUT2D eigenvalue weighted by molar-refractivity contribution is -0.122. The molecule has 0 fully saturated rings. The number of alkyl halides is 3. The van der Waals surface area contributed by atoms with Gasteiger partial charge in [0.1, 0.15) is 0 Å². The van der Waals surface area contributed by atoms with E-state index >= 15 is 0 Å². The van der Waals surface area contributed by atoms with Crippen molar-refractivity contribution in [1.82, 2.24) is 0 Å². The minimum Gasteiger partial charge on any atom is -0.171 e. The minimum atomic E-state index is -4.32. The number of allylic oxidation sites excluding steroid dienone is 1. The Balaban J connectivity index is 2.30. The van der Waals surface area contributed by atoms with Crippen molar-refractivity contribution in [2.75, 3.05) is 0 Å². The molecule has 0 nitrogen and oxygen atoms in total. The maximum Gasteiger partial charge on any atom is 0.393 e. The Morgan fingerprint density at radius 1 is 0.654 bits per heavy atom. The van der Waals surface area contributed by atoms with E-state index in [4.69, 9.17) is 11.6 Å². The van der Waals surface area contributed by atoms with Gasteiger partial charge in [-0.3, -0.25) is 0 Å². The fourth-order valence-electron chi connectivity index (χ4n) is 2.91. The van der Waals surface area contributed by atoms with Crippen LogP contribution in [0.4, 0.5) is 13.2 Å². The second-order valence-corrected chi connectivity index (χ2v) is 6.32. The van der Waals surface area contributed by atoms with Crippen LogP contribution in [0.5, 0.6) is 0 Å². The van der Waals surface area contributed by atoms with E-state index in [1.165, 1.54) is 0 Å². The number of hydrogen-bond donors (Lipinski definition) is 0. The Labute approximate surface area is 155 Å². The van der Waals surface area contributed by atoms with Gasteiger partial charge in [-0.25, -0.2) is 0 Å². The SMILES string of the molecule is FC(F)(F)C/C(=C(\c1ccccc1)c1ccc(Cl)cc1)c1ccccc1. The average Bonchev–Trinajstić information content (AvgIpc) is 2.63. The lowest BCUT2D eigenvalue weighted by Gasteiger charge is -2.19. The van der Waals surface area contributed by atoms with Crippen LogP contribution in [-0.4, -0.2) is 6.18 Å². The van der Waals surface area contributed by atoms with Crippen LogP contribution in [0, 0.1) is 0 Å². The topological polar surface area (TPSA) is 0 Å². The molecule has 0 bridgehead atoms. The fourth-order valence-corrected chi connectivity index (χ4v) is 3.04. The largest absolute Gasteiger partial charge is 0.393 e. The van der Waals surface area contributed by atoms with Crippen molar-refractivity contribution in [3.63, 3.8) is 0 Å². The zero-order chi connectivity index (χ0) is 18.6. The first-order valence-electron chi connectivity index (χ1n) is 8.11. The van der Waals surface area contributed by atoms with Crippen LogP contribution >= 0.6 is 11.6 Å². The Morgan fingerprint density at radius 3 is 1.62 bits per heavy atom. The highest BCUT2D eigenvalue weighted by atomic mass is 35.5. The first-order chi connectivity index (χ1) is 12.4. The molecule has 4 heteroatoms. The van der Waals surface area contributed by atoms with E-state index in [0.717, 1.165) is 5.56 Å². The van der Waals surface area contributed by atoms with Gasteiger partial charge in [0.2, 0.25) is 0 Å². The molecular weight excluding hydrogens is 357 g/mol. The standard InChI is InChI=1S/C22H16ClF3/c23-19-13-11-18(12-14-19)21(17-9-5-2-6-10-17)20(15-22(24,25)26)16-7-3-1-4-8-16/h1-14H,15H2/b21-20-. The summed E-state index contributed by atoms with van der Waals surface area (Å²) >= 11 is 5.97. The summed E-state index contributed by atoms with van der Waals surface area (Å²) < 4.78 is 40.2. The molecule has 0 N–H and O–H groups in total. The van der Waals surface area contributed by atoms with E-state index in [9.17, 15) is 13.2 Å². The van der Waals surface area contributed by atoms with Crippen LogP contribution in [0.25, 0.3) is 11.1 Å². The van der Waals surface area contributed by atoms with Crippen LogP contribution in [0.15, 0.2) is 84.9 Å². The maximum absolute atomic E-state index is 13.4. The van der Waals surface area contributed by atoms with E-state index in [2.05, 4.69) is 0 Å². The summed E-state index contributed by atoms with van der Waals surface area (Å²) in [5.74, 6) is 0. The van der Waals surface area contributed by atoms with Crippen molar-refractivity contribution in [3.05, 3.63) is 107 Å². The van der Waals surface area contributed by atoms with Crippen molar-refractivity contribution in [2.24, 2.45) is 0 Å². The van der Waals surface area contributed by atoms with Crippen molar-refractivity contribution >= 4 is 22.7 Å². The highest BCUT2D eigenvalue weighted by molar-refractivity contribution is 6.30. The Bertz CT molecular complexity index is 880. The molecule has 0 unspecified atom stereocenters. The molecule has 0 aliphatic rings. The minimum absolute atomic E-state index is 0.242. The smallest absolute Gasteiger partial charge is 0.171 e. The molecule has 0 atom stereocenters. The fraction of sp³-hybridized carbons (Fsp3) is 0.0909. The summed E-state index contributed by atoms with van der Waals surface area (Å²) in [5.41, 5.74) is 2.79. The molecule has 0 aliphatic carbocycles. The van der Waals surface area contributed by atoms with Gasteiger partial charge in [0, 0.05) is 5.02 Å². The normalized spacial score (nSPS) is 12.6. The highest BCUT2D eigenvalue weighted by Crippen LogP contribution is 2.39. The third kappa shape index (κ3) is 4.55. The van der Waals surface area contributed by atoms with Crippen molar-refractivity contribution < 1.29 is 13.2 Å². The summed E-state index contributed by atoms with van der Waals surface area (Å²) in [7, 11) is 0. The molecule has 0 aromatic heterocycles. The zero-order valence-corrected chi connectivity index (χ0v) is 14.6. The second-order valence-electron chi connectivity index (χ2n) is 5.88.